The summed E-state index contributed by atoms with van der Waals surface area (Å²) in [5, 5.41) is 1.95. The maximum atomic E-state index is 13.3. The quantitative estimate of drug-likeness (QED) is 0.498. The van der Waals surface area contributed by atoms with Crippen molar-refractivity contribution in [2.75, 3.05) is 11.4 Å². The Morgan fingerprint density at radius 1 is 0.923 bits per heavy atom. The summed E-state index contributed by atoms with van der Waals surface area (Å²) >= 11 is 0. The number of amides is 1. The van der Waals surface area contributed by atoms with Gasteiger partial charge in [-0.1, -0.05) is 48.0 Å². The molecule has 4 aromatic rings. The van der Waals surface area contributed by atoms with Crippen LogP contribution in [0.15, 0.2) is 66.7 Å². The molecule has 0 unspecified atom stereocenters. The highest BCUT2D eigenvalue weighted by molar-refractivity contribution is 6.30. The highest BCUT2D eigenvalue weighted by Crippen LogP contribution is 2.40. The summed E-state index contributed by atoms with van der Waals surface area (Å²) in [6, 6.07) is 22.4. The Labute approximate surface area is 151 Å². The fourth-order valence-corrected chi connectivity index (χ4v) is 3.89. The predicted molar refractivity (Wildman–Crippen MR) is 106 cm³/mol. The summed E-state index contributed by atoms with van der Waals surface area (Å²) in [5.74, 6) is 0.0881. The van der Waals surface area contributed by atoms with Crippen molar-refractivity contribution >= 4 is 33.4 Å². The molecule has 1 aliphatic rings. The van der Waals surface area contributed by atoms with Crippen LogP contribution in [0.3, 0.4) is 0 Å². The number of hydrogen-bond donors (Lipinski definition) is 0. The number of carbonyl (C=O) groups is 1. The molecular formula is C23H18N2O. The second kappa shape index (κ2) is 5.67. The molecule has 0 fully saturated rings. The maximum absolute atomic E-state index is 13.3. The van der Waals surface area contributed by atoms with Crippen LogP contribution in [0.2, 0.25) is 0 Å². The minimum absolute atomic E-state index is 0.0881. The third-order valence-electron chi connectivity index (χ3n) is 5.15. The number of nitrogens with zero attached hydrogens (tertiary/aromatic N) is 2. The molecule has 5 rings (SSSR count). The Morgan fingerprint density at radius 2 is 1.77 bits per heavy atom. The lowest BCUT2D eigenvalue weighted by Crippen LogP contribution is -2.29. The fourth-order valence-electron chi connectivity index (χ4n) is 3.89. The molecule has 3 nitrogen and oxygen atoms in total. The van der Waals surface area contributed by atoms with E-state index in [1.165, 1.54) is 5.56 Å². The number of carbonyl (C=O) groups excluding carboxylic acids is 1. The monoisotopic (exact) mass is 338 g/mol. The van der Waals surface area contributed by atoms with E-state index < -0.39 is 0 Å². The molecule has 26 heavy (non-hydrogen) atoms. The topological polar surface area (TPSA) is 33.2 Å². The molecule has 3 heteroatoms. The Balaban J connectivity index is 1.65. The highest BCUT2D eigenvalue weighted by atomic mass is 16.2. The van der Waals surface area contributed by atoms with Crippen molar-refractivity contribution in [2.24, 2.45) is 0 Å². The van der Waals surface area contributed by atoms with Gasteiger partial charge in [0.1, 0.15) is 0 Å². The molecule has 1 aliphatic heterocycles. The van der Waals surface area contributed by atoms with Gasteiger partial charge in [0.25, 0.3) is 5.91 Å². The van der Waals surface area contributed by atoms with E-state index in [0.717, 1.165) is 45.0 Å². The van der Waals surface area contributed by atoms with Gasteiger partial charge in [0, 0.05) is 17.3 Å². The van der Waals surface area contributed by atoms with E-state index in [2.05, 4.69) is 25.1 Å². The van der Waals surface area contributed by atoms with Crippen LogP contribution in [-0.4, -0.2) is 17.4 Å². The molecule has 1 amide bonds. The Bertz CT molecular complexity index is 1170. The molecule has 0 saturated heterocycles. The number of aryl methyl sites for hydroxylation is 1. The van der Waals surface area contributed by atoms with E-state index in [1.807, 2.05) is 53.4 Å². The number of rotatable bonds is 3. The first-order chi connectivity index (χ1) is 12.7. The first-order valence-corrected chi connectivity index (χ1v) is 8.91. The van der Waals surface area contributed by atoms with E-state index in [0.29, 0.717) is 6.54 Å². The lowest BCUT2D eigenvalue weighted by Gasteiger charge is -2.17. The van der Waals surface area contributed by atoms with Gasteiger partial charge < -0.3 is 4.90 Å². The molecule has 0 radical (unpaired) electrons. The summed E-state index contributed by atoms with van der Waals surface area (Å²) in [7, 11) is 0. The van der Waals surface area contributed by atoms with Gasteiger partial charge in [0.15, 0.2) is 0 Å². The summed E-state index contributed by atoms with van der Waals surface area (Å²) in [5.41, 5.74) is 5.94. The van der Waals surface area contributed by atoms with Crippen molar-refractivity contribution in [3.63, 3.8) is 0 Å². The number of benzene rings is 3. The van der Waals surface area contributed by atoms with Gasteiger partial charge in [0.2, 0.25) is 0 Å². The van der Waals surface area contributed by atoms with E-state index in [-0.39, 0.29) is 5.91 Å². The van der Waals surface area contributed by atoms with E-state index >= 15 is 0 Å². The minimum atomic E-state index is 0.0881. The summed E-state index contributed by atoms with van der Waals surface area (Å²) < 4.78 is 0. The minimum Gasteiger partial charge on any atom is -0.307 e. The van der Waals surface area contributed by atoms with Gasteiger partial charge in [-0.2, -0.15) is 0 Å². The molecule has 0 spiro atoms. The Hall–Kier alpha value is -3.20. The molecule has 0 bridgehead atoms. The lowest BCUT2D eigenvalue weighted by atomic mass is 10.0. The fraction of sp³-hybridized carbons (Fsp3) is 0.130. The van der Waals surface area contributed by atoms with Crippen LogP contribution in [0.5, 0.6) is 0 Å². The molecule has 3 aromatic carbocycles. The van der Waals surface area contributed by atoms with Crippen LogP contribution in [-0.2, 0) is 6.42 Å². The van der Waals surface area contributed by atoms with E-state index in [9.17, 15) is 4.79 Å². The summed E-state index contributed by atoms with van der Waals surface area (Å²) in [6.07, 6.45) is 0.835. The molecule has 0 atom stereocenters. The van der Waals surface area contributed by atoms with Gasteiger partial charge in [-0.15, -0.1) is 0 Å². The van der Waals surface area contributed by atoms with Gasteiger partial charge in [-0.3, -0.25) is 4.79 Å². The number of hydrogen-bond acceptors (Lipinski definition) is 2. The van der Waals surface area contributed by atoms with Gasteiger partial charge in [0.05, 0.1) is 22.3 Å². The average Bonchev–Trinajstić information content (AvgIpc) is 2.95. The SMILES string of the molecule is Cc1ccc2nc3cccc4c3c(c2c1)C(=O)N4CCc1ccccc1. The van der Waals surface area contributed by atoms with Crippen molar-refractivity contribution in [1.29, 1.82) is 0 Å². The maximum Gasteiger partial charge on any atom is 0.259 e. The van der Waals surface area contributed by atoms with Crippen molar-refractivity contribution in [3.05, 3.63) is 83.4 Å². The third-order valence-corrected chi connectivity index (χ3v) is 5.15. The second-order valence-electron chi connectivity index (χ2n) is 6.87. The number of pyridine rings is 1. The van der Waals surface area contributed by atoms with E-state index in [1.54, 1.807) is 0 Å². The molecule has 0 N–H and O–H groups in total. The lowest BCUT2D eigenvalue weighted by molar-refractivity contribution is 0.0995. The average molecular weight is 338 g/mol. The van der Waals surface area contributed by atoms with Crippen LogP contribution in [0.1, 0.15) is 21.5 Å². The summed E-state index contributed by atoms with van der Waals surface area (Å²) in [4.78, 5) is 20.0. The zero-order valence-electron chi connectivity index (χ0n) is 14.6. The standard InChI is InChI=1S/C23H18N2O/c1-15-10-11-18-17(14-15)21-22-19(24-18)8-5-9-20(22)25(23(21)26)13-12-16-6-3-2-4-7-16/h2-11,14H,12-13H2,1H3. The summed E-state index contributed by atoms with van der Waals surface area (Å²) in [6.45, 7) is 2.72. The highest BCUT2D eigenvalue weighted by Gasteiger charge is 2.32. The van der Waals surface area contributed by atoms with Crippen LogP contribution < -0.4 is 4.90 Å². The predicted octanol–water partition coefficient (Wildman–Crippen LogP) is 4.90. The third kappa shape index (κ3) is 2.21. The molecular weight excluding hydrogens is 320 g/mol. The van der Waals surface area contributed by atoms with Gasteiger partial charge in [-0.25, -0.2) is 4.98 Å². The first-order valence-electron chi connectivity index (χ1n) is 8.91. The van der Waals surface area contributed by atoms with Crippen LogP contribution in [0.25, 0.3) is 21.8 Å². The van der Waals surface area contributed by atoms with Crippen molar-refractivity contribution in [3.8, 4) is 0 Å². The number of anilines is 1. The van der Waals surface area contributed by atoms with E-state index in [4.69, 9.17) is 4.98 Å². The van der Waals surface area contributed by atoms with Crippen LogP contribution >= 0.6 is 0 Å². The van der Waals surface area contributed by atoms with Crippen molar-refractivity contribution in [2.45, 2.75) is 13.3 Å². The van der Waals surface area contributed by atoms with Gasteiger partial charge in [-0.05, 0) is 43.2 Å². The second-order valence-corrected chi connectivity index (χ2v) is 6.87. The Morgan fingerprint density at radius 3 is 2.62 bits per heavy atom. The number of aromatic nitrogens is 1. The normalized spacial score (nSPS) is 13.1. The van der Waals surface area contributed by atoms with Crippen molar-refractivity contribution in [1.82, 2.24) is 4.98 Å². The largest absolute Gasteiger partial charge is 0.307 e. The van der Waals surface area contributed by atoms with Gasteiger partial charge >= 0.3 is 0 Å². The molecule has 126 valence electrons. The Kier molecular flexibility index (Phi) is 3.29. The molecule has 0 saturated carbocycles. The zero-order chi connectivity index (χ0) is 17.7. The van der Waals surface area contributed by atoms with Crippen molar-refractivity contribution < 1.29 is 4.79 Å². The number of fused-ring (bicyclic) bond motifs is 2. The first kappa shape index (κ1) is 15.1. The molecule has 1 aromatic heterocycles. The van der Waals surface area contributed by atoms with Crippen LogP contribution in [0.4, 0.5) is 5.69 Å². The molecule has 0 aliphatic carbocycles. The molecule has 2 heterocycles. The smallest absolute Gasteiger partial charge is 0.259 e. The van der Waals surface area contributed by atoms with Crippen LogP contribution in [0, 0.1) is 6.92 Å². The zero-order valence-corrected chi connectivity index (χ0v) is 14.6.